The van der Waals surface area contributed by atoms with Crippen LogP contribution in [0.15, 0.2) is 24.5 Å². The first kappa shape index (κ1) is 10.7. The zero-order valence-corrected chi connectivity index (χ0v) is 9.81. The molecule has 0 atom stereocenters. The third kappa shape index (κ3) is 1.78. The van der Waals surface area contributed by atoms with Gasteiger partial charge in [-0.1, -0.05) is 19.9 Å². The van der Waals surface area contributed by atoms with E-state index in [9.17, 15) is 0 Å². The Morgan fingerprint density at radius 3 is 2.75 bits per heavy atom. The normalized spacial score (nSPS) is 11.0. The average Bonchev–Trinajstić information content (AvgIpc) is 2.70. The first-order valence-corrected chi connectivity index (χ1v) is 5.36. The summed E-state index contributed by atoms with van der Waals surface area (Å²) in [5.41, 5.74) is 8.77. The summed E-state index contributed by atoms with van der Waals surface area (Å²) >= 11 is 0. The first-order valence-electron chi connectivity index (χ1n) is 5.36. The van der Waals surface area contributed by atoms with Gasteiger partial charge in [0.2, 0.25) is 0 Å². The fraction of sp³-hybridized carbons (Fsp3) is 0.333. The Labute approximate surface area is 95.1 Å². The van der Waals surface area contributed by atoms with Crippen molar-refractivity contribution in [1.82, 2.24) is 14.8 Å². The highest BCUT2D eigenvalue weighted by Crippen LogP contribution is 2.21. The van der Waals surface area contributed by atoms with Crippen molar-refractivity contribution in [3.05, 3.63) is 35.9 Å². The van der Waals surface area contributed by atoms with E-state index in [1.54, 1.807) is 6.33 Å². The van der Waals surface area contributed by atoms with Gasteiger partial charge in [-0.25, -0.2) is 0 Å². The smallest absolute Gasteiger partial charge is 0.139 e. The second kappa shape index (κ2) is 3.96. The third-order valence-electron chi connectivity index (χ3n) is 2.58. The summed E-state index contributed by atoms with van der Waals surface area (Å²) in [5, 5.41) is 8.10. The van der Waals surface area contributed by atoms with E-state index in [2.05, 4.69) is 31.0 Å². The van der Waals surface area contributed by atoms with Crippen molar-refractivity contribution in [1.29, 1.82) is 0 Å². The molecule has 1 aromatic carbocycles. The van der Waals surface area contributed by atoms with Gasteiger partial charge in [0.15, 0.2) is 0 Å². The van der Waals surface area contributed by atoms with Gasteiger partial charge in [-0.3, -0.25) is 4.57 Å². The largest absolute Gasteiger partial charge is 0.399 e. The summed E-state index contributed by atoms with van der Waals surface area (Å²) < 4.78 is 2.00. The molecule has 0 aliphatic rings. The molecule has 1 aromatic heterocycles. The number of hydrogen-bond acceptors (Lipinski definition) is 3. The minimum absolute atomic E-state index is 0.336. The molecule has 16 heavy (non-hydrogen) atoms. The quantitative estimate of drug-likeness (QED) is 0.783. The van der Waals surface area contributed by atoms with Crippen molar-refractivity contribution in [2.24, 2.45) is 0 Å². The van der Waals surface area contributed by atoms with Gasteiger partial charge in [0.05, 0.1) is 5.69 Å². The summed E-state index contributed by atoms with van der Waals surface area (Å²) in [7, 11) is 0. The van der Waals surface area contributed by atoms with Crippen molar-refractivity contribution < 1.29 is 0 Å². The van der Waals surface area contributed by atoms with Gasteiger partial charge >= 0.3 is 0 Å². The van der Waals surface area contributed by atoms with Crippen LogP contribution in [0.3, 0.4) is 0 Å². The topological polar surface area (TPSA) is 56.7 Å². The number of aryl methyl sites for hydroxylation is 1. The molecule has 0 aliphatic carbocycles. The lowest BCUT2D eigenvalue weighted by molar-refractivity contribution is 0.744. The Morgan fingerprint density at radius 2 is 2.06 bits per heavy atom. The molecule has 84 valence electrons. The maximum atomic E-state index is 5.81. The van der Waals surface area contributed by atoms with Gasteiger partial charge in [-0.05, 0) is 24.6 Å². The SMILES string of the molecule is Cc1ccc(N)cc1-n1cnnc1C(C)C. The minimum Gasteiger partial charge on any atom is -0.399 e. The van der Waals surface area contributed by atoms with Crippen molar-refractivity contribution in [3.8, 4) is 5.69 Å². The second-order valence-corrected chi connectivity index (χ2v) is 4.26. The minimum atomic E-state index is 0.336. The van der Waals surface area contributed by atoms with Gasteiger partial charge in [-0.2, -0.15) is 0 Å². The Morgan fingerprint density at radius 1 is 1.31 bits per heavy atom. The van der Waals surface area contributed by atoms with E-state index in [4.69, 9.17) is 5.73 Å². The number of anilines is 1. The summed E-state index contributed by atoms with van der Waals surface area (Å²) in [5.74, 6) is 1.29. The molecule has 4 heteroatoms. The number of nitrogens with two attached hydrogens (primary N) is 1. The standard InChI is InChI=1S/C12H16N4/c1-8(2)12-15-14-7-16(12)11-6-10(13)5-4-9(11)3/h4-8H,13H2,1-3H3. The number of hydrogen-bond donors (Lipinski definition) is 1. The molecule has 0 saturated carbocycles. The molecule has 0 spiro atoms. The number of nitrogen functional groups attached to an aromatic ring is 1. The number of aromatic nitrogens is 3. The van der Waals surface area contributed by atoms with Gasteiger partial charge in [0.1, 0.15) is 12.2 Å². The molecule has 0 unspecified atom stereocenters. The van der Waals surface area contributed by atoms with Crippen LogP contribution in [-0.2, 0) is 0 Å². The predicted octanol–water partition coefficient (Wildman–Crippen LogP) is 2.28. The Kier molecular flexibility index (Phi) is 2.64. The predicted molar refractivity (Wildman–Crippen MR) is 64.6 cm³/mol. The van der Waals surface area contributed by atoms with Gasteiger partial charge < -0.3 is 5.73 Å². The molecule has 4 nitrogen and oxygen atoms in total. The number of benzene rings is 1. The second-order valence-electron chi connectivity index (χ2n) is 4.26. The number of nitrogens with zero attached hydrogens (tertiary/aromatic N) is 3. The lowest BCUT2D eigenvalue weighted by Gasteiger charge is -2.12. The van der Waals surface area contributed by atoms with Crippen molar-refractivity contribution in [2.45, 2.75) is 26.7 Å². The lowest BCUT2D eigenvalue weighted by Crippen LogP contribution is -2.04. The zero-order chi connectivity index (χ0) is 11.7. The molecule has 1 heterocycles. The molecule has 0 bridgehead atoms. The summed E-state index contributed by atoms with van der Waals surface area (Å²) in [6, 6.07) is 5.86. The van der Waals surface area contributed by atoms with Crippen molar-refractivity contribution >= 4 is 5.69 Å². The number of rotatable bonds is 2. The fourth-order valence-corrected chi connectivity index (χ4v) is 1.71. The molecule has 2 rings (SSSR count). The Balaban J connectivity index is 2.58. The van der Waals surface area contributed by atoms with Crippen LogP contribution in [0.5, 0.6) is 0 Å². The third-order valence-corrected chi connectivity index (χ3v) is 2.58. The monoisotopic (exact) mass is 216 g/mol. The highest BCUT2D eigenvalue weighted by molar-refractivity contribution is 5.52. The maximum Gasteiger partial charge on any atom is 0.139 e. The van der Waals surface area contributed by atoms with Crippen LogP contribution >= 0.6 is 0 Å². The van der Waals surface area contributed by atoms with E-state index < -0.39 is 0 Å². The van der Waals surface area contributed by atoms with Crippen LogP contribution in [0.2, 0.25) is 0 Å². The molecule has 0 amide bonds. The Bertz CT molecular complexity index is 499. The van der Waals surface area contributed by atoms with E-state index in [0.29, 0.717) is 5.92 Å². The van der Waals surface area contributed by atoms with E-state index in [-0.39, 0.29) is 0 Å². The van der Waals surface area contributed by atoms with Crippen LogP contribution in [0.4, 0.5) is 5.69 Å². The summed E-state index contributed by atoms with van der Waals surface area (Å²) in [6.07, 6.45) is 1.73. The Hall–Kier alpha value is -1.84. The molecule has 0 aliphatic heterocycles. The summed E-state index contributed by atoms with van der Waals surface area (Å²) in [4.78, 5) is 0. The maximum absolute atomic E-state index is 5.81. The molecule has 0 fully saturated rings. The zero-order valence-electron chi connectivity index (χ0n) is 9.81. The van der Waals surface area contributed by atoms with Crippen LogP contribution < -0.4 is 5.73 Å². The lowest BCUT2D eigenvalue weighted by atomic mass is 10.1. The molecule has 2 N–H and O–H groups in total. The average molecular weight is 216 g/mol. The molecule has 0 saturated heterocycles. The van der Waals surface area contributed by atoms with Gasteiger partial charge in [0, 0.05) is 11.6 Å². The van der Waals surface area contributed by atoms with Gasteiger partial charge in [0.25, 0.3) is 0 Å². The van der Waals surface area contributed by atoms with Crippen LogP contribution in [0, 0.1) is 6.92 Å². The molecular weight excluding hydrogens is 200 g/mol. The first-order chi connectivity index (χ1) is 7.59. The summed E-state index contributed by atoms with van der Waals surface area (Å²) in [6.45, 7) is 6.25. The van der Waals surface area contributed by atoms with Crippen molar-refractivity contribution in [2.75, 3.05) is 5.73 Å². The van der Waals surface area contributed by atoms with Gasteiger partial charge in [-0.15, -0.1) is 10.2 Å². The van der Waals surface area contributed by atoms with E-state index >= 15 is 0 Å². The van der Waals surface area contributed by atoms with Crippen LogP contribution in [-0.4, -0.2) is 14.8 Å². The van der Waals surface area contributed by atoms with Crippen LogP contribution in [0.1, 0.15) is 31.2 Å². The molecular formula is C12H16N4. The molecule has 2 aromatic rings. The van der Waals surface area contributed by atoms with E-state index in [0.717, 1.165) is 22.8 Å². The van der Waals surface area contributed by atoms with Crippen LogP contribution in [0.25, 0.3) is 5.69 Å². The van der Waals surface area contributed by atoms with E-state index in [1.807, 2.05) is 22.8 Å². The highest BCUT2D eigenvalue weighted by atomic mass is 15.3. The van der Waals surface area contributed by atoms with E-state index in [1.165, 1.54) is 0 Å². The fourth-order valence-electron chi connectivity index (χ4n) is 1.71. The molecule has 0 radical (unpaired) electrons. The highest BCUT2D eigenvalue weighted by Gasteiger charge is 2.11. The van der Waals surface area contributed by atoms with Crippen molar-refractivity contribution in [3.63, 3.8) is 0 Å².